The van der Waals surface area contributed by atoms with Gasteiger partial charge < -0.3 is 0 Å². The maximum atomic E-state index is 11.2. The molecule has 0 aromatic heterocycles. The molecule has 3 rings (SSSR count). The molecule has 0 heterocycles. The van der Waals surface area contributed by atoms with Crippen molar-refractivity contribution >= 4 is 6.29 Å². The second-order valence-corrected chi connectivity index (χ2v) is 7.08. The zero-order valence-corrected chi connectivity index (χ0v) is 10.6. The Labute approximate surface area is 98.3 Å². The van der Waals surface area contributed by atoms with E-state index in [1.807, 2.05) is 0 Å². The third-order valence-corrected chi connectivity index (χ3v) is 5.63. The average molecular weight is 218 g/mol. The van der Waals surface area contributed by atoms with Crippen LogP contribution in [0.1, 0.15) is 46.5 Å². The van der Waals surface area contributed by atoms with Crippen LogP contribution in [0.25, 0.3) is 0 Å². The van der Waals surface area contributed by atoms with Crippen LogP contribution in [0.4, 0.5) is 0 Å². The quantitative estimate of drug-likeness (QED) is 0.615. The van der Waals surface area contributed by atoms with Gasteiger partial charge in [0.1, 0.15) is 6.29 Å². The summed E-state index contributed by atoms with van der Waals surface area (Å²) in [6, 6.07) is 0. The number of allylic oxidation sites excluding steroid dienone is 2. The van der Waals surface area contributed by atoms with Crippen molar-refractivity contribution in [2.45, 2.75) is 46.5 Å². The first kappa shape index (κ1) is 10.6. The minimum Gasteiger partial charge on any atom is -0.298 e. The Bertz CT molecular complexity index is 366. The lowest BCUT2D eigenvalue weighted by atomic mass is 9.67. The van der Waals surface area contributed by atoms with E-state index in [-0.39, 0.29) is 0 Å². The molecular weight excluding hydrogens is 196 g/mol. The summed E-state index contributed by atoms with van der Waals surface area (Å²) in [5.74, 6) is 2.08. The van der Waals surface area contributed by atoms with E-state index in [0.717, 1.165) is 17.8 Å². The highest BCUT2D eigenvalue weighted by molar-refractivity contribution is 5.76. The number of hydrogen-bond donors (Lipinski definition) is 0. The SMILES string of the molecule is C[C@@H]1CCC2C(C=O)=CC3CC(C)(C)C[C@@]321. The highest BCUT2D eigenvalue weighted by Gasteiger charge is 2.62. The Morgan fingerprint density at radius 1 is 1.38 bits per heavy atom. The molecule has 0 amide bonds. The van der Waals surface area contributed by atoms with Crippen LogP contribution in [0.15, 0.2) is 11.6 Å². The van der Waals surface area contributed by atoms with Gasteiger partial charge in [-0.3, -0.25) is 4.79 Å². The van der Waals surface area contributed by atoms with Crippen LogP contribution in [0, 0.1) is 28.6 Å². The predicted octanol–water partition coefficient (Wildman–Crippen LogP) is 3.59. The van der Waals surface area contributed by atoms with Crippen LogP contribution < -0.4 is 0 Å². The van der Waals surface area contributed by atoms with E-state index in [0.29, 0.717) is 22.7 Å². The van der Waals surface area contributed by atoms with Crippen LogP contribution in [-0.4, -0.2) is 6.29 Å². The smallest absolute Gasteiger partial charge is 0.146 e. The Morgan fingerprint density at radius 3 is 2.81 bits per heavy atom. The molecular formula is C15H22O. The highest BCUT2D eigenvalue weighted by Crippen LogP contribution is 2.69. The van der Waals surface area contributed by atoms with Gasteiger partial charge in [-0.15, -0.1) is 0 Å². The first-order valence-corrected chi connectivity index (χ1v) is 6.66. The molecule has 2 unspecified atom stereocenters. The zero-order chi connectivity index (χ0) is 11.6. The molecule has 0 aromatic rings. The molecule has 1 nitrogen and oxygen atoms in total. The molecule has 2 saturated carbocycles. The Kier molecular flexibility index (Phi) is 1.98. The number of hydrogen-bond acceptors (Lipinski definition) is 1. The van der Waals surface area contributed by atoms with Crippen LogP contribution in [0.5, 0.6) is 0 Å². The van der Waals surface area contributed by atoms with E-state index in [9.17, 15) is 4.79 Å². The van der Waals surface area contributed by atoms with E-state index >= 15 is 0 Å². The molecule has 0 bridgehead atoms. The van der Waals surface area contributed by atoms with Gasteiger partial charge in [-0.25, -0.2) is 0 Å². The van der Waals surface area contributed by atoms with Crippen molar-refractivity contribution < 1.29 is 4.79 Å². The Hall–Kier alpha value is -0.590. The van der Waals surface area contributed by atoms with E-state index in [2.05, 4.69) is 26.8 Å². The maximum Gasteiger partial charge on any atom is 0.146 e. The summed E-state index contributed by atoms with van der Waals surface area (Å²) in [6.45, 7) is 7.21. The van der Waals surface area contributed by atoms with Gasteiger partial charge in [0.05, 0.1) is 0 Å². The maximum absolute atomic E-state index is 11.2. The van der Waals surface area contributed by atoms with Crippen molar-refractivity contribution in [1.29, 1.82) is 0 Å². The van der Waals surface area contributed by atoms with Crippen molar-refractivity contribution in [1.82, 2.24) is 0 Å². The molecule has 0 radical (unpaired) electrons. The topological polar surface area (TPSA) is 17.1 Å². The van der Waals surface area contributed by atoms with Gasteiger partial charge in [-0.1, -0.05) is 26.8 Å². The molecule has 3 aliphatic rings. The average Bonchev–Trinajstić information content (AvgIpc) is 2.73. The van der Waals surface area contributed by atoms with E-state index < -0.39 is 0 Å². The summed E-state index contributed by atoms with van der Waals surface area (Å²) in [4.78, 5) is 11.2. The molecule has 0 saturated heterocycles. The summed E-state index contributed by atoms with van der Waals surface area (Å²) >= 11 is 0. The Balaban J connectivity index is 2.06. The van der Waals surface area contributed by atoms with Crippen molar-refractivity contribution in [3.63, 3.8) is 0 Å². The lowest BCUT2D eigenvalue weighted by Gasteiger charge is -2.36. The standard InChI is InChI=1S/C15H22O/c1-10-4-5-13-11(8-16)6-12-7-14(2,3)9-15(10,12)13/h6,8,10,12-13H,4-5,7,9H2,1-3H3/t10-,12?,13?,15-/m1/s1. The fourth-order valence-corrected chi connectivity index (χ4v) is 5.20. The highest BCUT2D eigenvalue weighted by atomic mass is 16.1. The molecule has 16 heavy (non-hydrogen) atoms. The number of rotatable bonds is 1. The van der Waals surface area contributed by atoms with Gasteiger partial charge in [0.2, 0.25) is 0 Å². The van der Waals surface area contributed by atoms with Gasteiger partial charge in [0, 0.05) is 0 Å². The first-order valence-electron chi connectivity index (χ1n) is 6.66. The Morgan fingerprint density at radius 2 is 2.12 bits per heavy atom. The van der Waals surface area contributed by atoms with Crippen molar-refractivity contribution in [2.75, 3.05) is 0 Å². The summed E-state index contributed by atoms with van der Waals surface area (Å²) in [5, 5.41) is 0. The van der Waals surface area contributed by atoms with Gasteiger partial charge in [-0.2, -0.15) is 0 Å². The third-order valence-electron chi connectivity index (χ3n) is 5.63. The molecule has 88 valence electrons. The van der Waals surface area contributed by atoms with Gasteiger partial charge >= 0.3 is 0 Å². The van der Waals surface area contributed by atoms with Crippen LogP contribution >= 0.6 is 0 Å². The monoisotopic (exact) mass is 218 g/mol. The minimum absolute atomic E-state index is 0.458. The molecule has 1 heteroatoms. The molecule has 0 aromatic carbocycles. The summed E-state index contributed by atoms with van der Waals surface area (Å²) in [7, 11) is 0. The van der Waals surface area contributed by atoms with Crippen LogP contribution in [-0.2, 0) is 4.79 Å². The zero-order valence-electron chi connectivity index (χ0n) is 10.6. The van der Waals surface area contributed by atoms with Crippen LogP contribution in [0.3, 0.4) is 0 Å². The molecule has 0 N–H and O–H groups in total. The first-order chi connectivity index (χ1) is 7.49. The molecule has 1 spiro atoms. The fourth-order valence-electron chi connectivity index (χ4n) is 5.20. The second kappa shape index (κ2) is 3.00. The predicted molar refractivity (Wildman–Crippen MR) is 65.0 cm³/mol. The van der Waals surface area contributed by atoms with Crippen molar-refractivity contribution in [3.8, 4) is 0 Å². The third kappa shape index (κ3) is 1.10. The number of carbonyl (C=O) groups excluding carboxylic acids is 1. The number of aldehydes is 1. The molecule has 0 aliphatic heterocycles. The molecule has 2 fully saturated rings. The lowest BCUT2D eigenvalue weighted by molar-refractivity contribution is -0.105. The second-order valence-electron chi connectivity index (χ2n) is 7.08. The fraction of sp³-hybridized carbons (Fsp3) is 0.800. The van der Waals surface area contributed by atoms with Gasteiger partial charge in [0.25, 0.3) is 0 Å². The van der Waals surface area contributed by atoms with Crippen molar-refractivity contribution in [2.24, 2.45) is 28.6 Å². The van der Waals surface area contributed by atoms with E-state index in [4.69, 9.17) is 0 Å². The summed E-state index contributed by atoms with van der Waals surface area (Å²) in [5.41, 5.74) is 2.07. The number of carbonyl (C=O) groups is 1. The van der Waals surface area contributed by atoms with Gasteiger partial charge in [-0.05, 0) is 59.8 Å². The lowest BCUT2D eigenvalue weighted by Crippen LogP contribution is -2.31. The van der Waals surface area contributed by atoms with Gasteiger partial charge in [0.15, 0.2) is 0 Å². The van der Waals surface area contributed by atoms with E-state index in [1.165, 1.54) is 25.7 Å². The van der Waals surface area contributed by atoms with Crippen LogP contribution in [0.2, 0.25) is 0 Å². The van der Waals surface area contributed by atoms with E-state index in [1.54, 1.807) is 0 Å². The summed E-state index contributed by atoms with van der Waals surface area (Å²) < 4.78 is 0. The minimum atomic E-state index is 0.458. The molecule has 3 aliphatic carbocycles. The molecule has 4 atom stereocenters. The summed E-state index contributed by atoms with van der Waals surface area (Å²) in [6.07, 6.45) is 8.63. The largest absolute Gasteiger partial charge is 0.298 e. The van der Waals surface area contributed by atoms with Crippen molar-refractivity contribution in [3.05, 3.63) is 11.6 Å². The normalized spacial score (nSPS) is 48.7.